The molecule has 0 heterocycles. The molecule has 4 heteroatoms. The van der Waals surface area contributed by atoms with E-state index in [-0.39, 0.29) is 12.5 Å². The van der Waals surface area contributed by atoms with E-state index >= 15 is 0 Å². The van der Waals surface area contributed by atoms with E-state index in [4.69, 9.17) is 4.74 Å². The van der Waals surface area contributed by atoms with Gasteiger partial charge in [-0.15, -0.1) is 0 Å². The van der Waals surface area contributed by atoms with Crippen LogP contribution in [-0.4, -0.2) is 25.5 Å². The highest BCUT2D eigenvalue weighted by molar-refractivity contribution is 5.73. The third-order valence-corrected chi connectivity index (χ3v) is 2.09. The Bertz CT molecular complexity index is 171. The average Bonchev–Trinajstić information content (AvgIpc) is 2.25. The molecule has 1 amide bonds. The fourth-order valence-electron chi connectivity index (χ4n) is 1.24. The number of hydrogen-bond acceptors (Lipinski definition) is 3. The van der Waals surface area contributed by atoms with E-state index in [9.17, 15) is 9.59 Å². The molecule has 0 saturated carbocycles. The van der Waals surface area contributed by atoms with Gasteiger partial charge in [0.15, 0.2) is 0 Å². The molecule has 0 saturated heterocycles. The Morgan fingerprint density at radius 1 is 1.20 bits per heavy atom. The van der Waals surface area contributed by atoms with Crippen molar-refractivity contribution in [2.45, 2.75) is 45.4 Å². The third-order valence-electron chi connectivity index (χ3n) is 2.09. The van der Waals surface area contributed by atoms with E-state index < -0.39 is 0 Å². The molecule has 88 valence electrons. The number of ether oxygens (including phenoxy) is 1. The van der Waals surface area contributed by atoms with Gasteiger partial charge >= 0.3 is 5.97 Å². The Labute approximate surface area is 91.4 Å². The van der Waals surface area contributed by atoms with Crippen molar-refractivity contribution >= 4 is 12.4 Å². The smallest absolute Gasteiger partial charge is 0.325 e. The number of esters is 1. The Morgan fingerprint density at radius 2 is 1.87 bits per heavy atom. The van der Waals surface area contributed by atoms with Crippen molar-refractivity contribution in [2.75, 3.05) is 13.2 Å². The summed E-state index contributed by atoms with van der Waals surface area (Å²) >= 11 is 0. The largest absolute Gasteiger partial charge is 0.464 e. The highest BCUT2D eigenvalue weighted by atomic mass is 16.5. The van der Waals surface area contributed by atoms with E-state index in [0.29, 0.717) is 13.0 Å². The van der Waals surface area contributed by atoms with Crippen LogP contribution in [0.4, 0.5) is 0 Å². The Morgan fingerprint density at radius 3 is 2.53 bits per heavy atom. The molecule has 0 unspecified atom stereocenters. The van der Waals surface area contributed by atoms with Gasteiger partial charge in [0.05, 0.1) is 6.61 Å². The summed E-state index contributed by atoms with van der Waals surface area (Å²) in [5, 5.41) is 2.26. The summed E-state index contributed by atoms with van der Waals surface area (Å²) in [6, 6.07) is 0. The SMILES string of the molecule is CCCCCCCCOC(=O)CNC=O. The molecule has 0 radical (unpaired) electrons. The maximum Gasteiger partial charge on any atom is 0.325 e. The molecule has 0 aliphatic heterocycles. The van der Waals surface area contributed by atoms with Gasteiger partial charge in [-0.2, -0.15) is 0 Å². The van der Waals surface area contributed by atoms with Crippen molar-refractivity contribution in [1.82, 2.24) is 5.32 Å². The second-order valence-corrected chi connectivity index (χ2v) is 3.49. The van der Waals surface area contributed by atoms with Crippen LogP contribution in [0.15, 0.2) is 0 Å². The van der Waals surface area contributed by atoms with Gasteiger partial charge in [-0.05, 0) is 6.42 Å². The molecule has 0 rings (SSSR count). The van der Waals surface area contributed by atoms with Gasteiger partial charge in [0.25, 0.3) is 0 Å². The minimum absolute atomic E-state index is 0.0284. The monoisotopic (exact) mass is 215 g/mol. The van der Waals surface area contributed by atoms with Crippen LogP contribution in [0, 0.1) is 0 Å². The van der Waals surface area contributed by atoms with Crippen LogP contribution in [0.5, 0.6) is 0 Å². The summed E-state index contributed by atoms with van der Waals surface area (Å²) in [6.07, 6.45) is 7.50. The highest BCUT2D eigenvalue weighted by Crippen LogP contribution is 2.04. The van der Waals surface area contributed by atoms with Gasteiger partial charge < -0.3 is 10.1 Å². The normalized spacial score (nSPS) is 9.67. The molecular weight excluding hydrogens is 194 g/mol. The van der Waals surface area contributed by atoms with E-state index in [1.165, 1.54) is 25.7 Å². The molecule has 0 bridgehead atoms. The summed E-state index contributed by atoms with van der Waals surface area (Å²) < 4.78 is 4.89. The molecule has 0 fully saturated rings. The number of amides is 1. The maximum absolute atomic E-state index is 10.9. The Balaban J connectivity index is 3.09. The van der Waals surface area contributed by atoms with E-state index in [2.05, 4.69) is 12.2 Å². The lowest BCUT2D eigenvalue weighted by Gasteiger charge is -2.03. The van der Waals surface area contributed by atoms with Crippen LogP contribution in [0.3, 0.4) is 0 Å². The first-order valence-electron chi connectivity index (χ1n) is 5.64. The highest BCUT2D eigenvalue weighted by Gasteiger charge is 1.99. The zero-order chi connectivity index (χ0) is 11.4. The van der Waals surface area contributed by atoms with Gasteiger partial charge in [-0.3, -0.25) is 9.59 Å². The second-order valence-electron chi connectivity index (χ2n) is 3.49. The standard InChI is InChI=1S/C11H21NO3/c1-2-3-4-5-6-7-8-15-11(14)9-12-10-13/h10H,2-9H2,1H3,(H,12,13). The number of rotatable bonds is 10. The Kier molecular flexibility index (Phi) is 10.2. The van der Waals surface area contributed by atoms with Gasteiger partial charge in [-0.25, -0.2) is 0 Å². The van der Waals surface area contributed by atoms with Crippen molar-refractivity contribution in [3.63, 3.8) is 0 Å². The van der Waals surface area contributed by atoms with Crippen LogP contribution in [-0.2, 0) is 14.3 Å². The van der Waals surface area contributed by atoms with Crippen molar-refractivity contribution in [1.29, 1.82) is 0 Å². The first kappa shape index (κ1) is 13.9. The molecule has 0 aromatic rings. The predicted molar refractivity (Wildman–Crippen MR) is 58.4 cm³/mol. The maximum atomic E-state index is 10.9. The number of carbonyl (C=O) groups excluding carboxylic acids is 2. The van der Waals surface area contributed by atoms with Crippen LogP contribution < -0.4 is 5.32 Å². The molecule has 4 nitrogen and oxygen atoms in total. The fourth-order valence-corrected chi connectivity index (χ4v) is 1.24. The molecule has 0 aromatic carbocycles. The van der Waals surface area contributed by atoms with E-state index in [1.54, 1.807) is 0 Å². The van der Waals surface area contributed by atoms with Crippen LogP contribution in [0.1, 0.15) is 45.4 Å². The molecule has 0 aromatic heterocycles. The first-order chi connectivity index (χ1) is 7.31. The predicted octanol–water partition coefficient (Wildman–Crippen LogP) is 1.64. The van der Waals surface area contributed by atoms with Crippen molar-refractivity contribution in [3.05, 3.63) is 0 Å². The lowest BCUT2D eigenvalue weighted by molar-refractivity contribution is -0.143. The number of nitrogens with one attached hydrogen (secondary N) is 1. The van der Waals surface area contributed by atoms with Gasteiger partial charge in [0.2, 0.25) is 6.41 Å². The summed E-state index contributed by atoms with van der Waals surface area (Å²) in [5.41, 5.74) is 0. The molecule has 0 atom stereocenters. The van der Waals surface area contributed by atoms with E-state index in [0.717, 1.165) is 12.8 Å². The van der Waals surface area contributed by atoms with Crippen LogP contribution in [0.25, 0.3) is 0 Å². The van der Waals surface area contributed by atoms with Crippen molar-refractivity contribution < 1.29 is 14.3 Å². The molecule has 15 heavy (non-hydrogen) atoms. The summed E-state index contributed by atoms with van der Waals surface area (Å²) in [6.45, 7) is 2.62. The Hall–Kier alpha value is -1.06. The topological polar surface area (TPSA) is 55.4 Å². The number of hydrogen-bond donors (Lipinski definition) is 1. The lowest BCUT2D eigenvalue weighted by Crippen LogP contribution is -2.23. The van der Waals surface area contributed by atoms with Gasteiger partial charge in [0, 0.05) is 0 Å². The molecular formula is C11H21NO3. The minimum atomic E-state index is -0.365. The average molecular weight is 215 g/mol. The molecule has 0 aliphatic rings. The second kappa shape index (κ2) is 11.0. The molecule has 0 spiro atoms. The number of unbranched alkanes of at least 4 members (excludes halogenated alkanes) is 5. The van der Waals surface area contributed by atoms with Crippen LogP contribution in [0.2, 0.25) is 0 Å². The zero-order valence-electron chi connectivity index (χ0n) is 9.46. The summed E-state index contributed by atoms with van der Waals surface area (Å²) in [7, 11) is 0. The van der Waals surface area contributed by atoms with E-state index in [1.807, 2.05) is 0 Å². The summed E-state index contributed by atoms with van der Waals surface area (Å²) in [4.78, 5) is 20.8. The fraction of sp³-hybridized carbons (Fsp3) is 0.818. The van der Waals surface area contributed by atoms with Gasteiger partial charge in [0.1, 0.15) is 6.54 Å². The van der Waals surface area contributed by atoms with Crippen molar-refractivity contribution in [2.24, 2.45) is 0 Å². The van der Waals surface area contributed by atoms with Crippen molar-refractivity contribution in [3.8, 4) is 0 Å². The third kappa shape index (κ3) is 10.9. The minimum Gasteiger partial charge on any atom is -0.464 e. The molecule has 0 aliphatic carbocycles. The number of carbonyl (C=O) groups is 2. The molecule has 1 N–H and O–H groups in total. The lowest BCUT2D eigenvalue weighted by atomic mass is 10.1. The summed E-state index contributed by atoms with van der Waals surface area (Å²) in [5.74, 6) is -0.365. The zero-order valence-corrected chi connectivity index (χ0v) is 9.46. The first-order valence-corrected chi connectivity index (χ1v) is 5.64. The quantitative estimate of drug-likeness (QED) is 0.342. The van der Waals surface area contributed by atoms with Crippen LogP contribution >= 0.6 is 0 Å². The van der Waals surface area contributed by atoms with Gasteiger partial charge in [-0.1, -0.05) is 39.0 Å².